The molecule has 6 heteroatoms. The second-order valence-electron chi connectivity index (χ2n) is 5.74. The van der Waals surface area contributed by atoms with Gasteiger partial charge in [0.15, 0.2) is 0 Å². The van der Waals surface area contributed by atoms with E-state index in [9.17, 15) is 0 Å². The zero-order chi connectivity index (χ0) is 17.6. The van der Waals surface area contributed by atoms with Crippen molar-refractivity contribution < 1.29 is 0 Å². The van der Waals surface area contributed by atoms with Crippen LogP contribution in [0.5, 0.6) is 0 Å². The minimum atomic E-state index is 0.295. The number of para-hydroxylation sites is 1. The van der Waals surface area contributed by atoms with E-state index >= 15 is 0 Å². The Labute approximate surface area is 161 Å². The lowest BCUT2D eigenvalue weighted by Gasteiger charge is -2.15. The first kappa shape index (κ1) is 17.6. The number of aromatic nitrogens is 3. The molecule has 0 spiro atoms. The van der Waals surface area contributed by atoms with Gasteiger partial charge in [-0.3, -0.25) is 4.98 Å². The van der Waals surface area contributed by atoms with E-state index in [0.29, 0.717) is 12.0 Å². The molecule has 5 nitrogen and oxygen atoms in total. The molecule has 0 unspecified atom stereocenters. The highest BCUT2D eigenvalue weighted by atomic mass is 127. The lowest BCUT2D eigenvalue weighted by Crippen LogP contribution is -2.16. The minimum absolute atomic E-state index is 0.295. The summed E-state index contributed by atoms with van der Waals surface area (Å²) in [6, 6.07) is 16.1. The number of anilines is 3. The molecule has 0 saturated carbocycles. The van der Waals surface area contributed by atoms with Crippen LogP contribution in [0.2, 0.25) is 0 Å². The minimum Gasteiger partial charge on any atom is -0.352 e. The predicted molar refractivity (Wildman–Crippen MR) is 111 cm³/mol. The molecule has 3 rings (SSSR count). The summed E-state index contributed by atoms with van der Waals surface area (Å²) < 4.78 is 1.13. The summed E-state index contributed by atoms with van der Waals surface area (Å²) >= 11 is 2.31. The highest BCUT2D eigenvalue weighted by Crippen LogP contribution is 2.25. The van der Waals surface area contributed by atoms with E-state index in [1.54, 1.807) is 6.20 Å². The van der Waals surface area contributed by atoms with Crippen molar-refractivity contribution >= 4 is 40.0 Å². The van der Waals surface area contributed by atoms with Gasteiger partial charge in [-0.2, -0.15) is 4.98 Å². The average molecular weight is 445 g/mol. The topological polar surface area (TPSA) is 62.7 Å². The summed E-state index contributed by atoms with van der Waals surface area (Å²) in [7, 11) is 0. The summed E-state index contributed by atoms with van der Waals surface area (Å²) in [6.07, 6.45) is 2.77. The maximum absolute atomic E-state index is 4.63. The maximum Gasteiger partial charge on any atom is 0.225 e. The van der Waals surface area contributed by atoms with Crippen LogP contribution in [0.1, 0.15) is 20.3 Å². The number of pyridine rings is 1. The Morgan fingerprint density at radius 3 is 2.56 bits per heavy atom. The first-order chi connectivity index (χ1) is 12.2. The van der Waals surface area contributed by atoms with Crippen LogP contribution in [0.25, 0.3) is 11.4 Å². The quantitative estimate of drug-likeness (QED) is 0.518. The van der Waals surface area contributed by atoms with Crippen molar-refractivity contribution in [2.24, 2.45) is 0 Å². The van der Waals surface area contributed by atoms with Gasteiger partial charge in [0.1, 0.15) is 5.82 Å². The number of nitrogens with zero attached hydrogens (tertiary/aromatic N) is 3. The van der Waals surface area contributed by atoms with E-state index in [2.05, 4.69) is 68.1 Å². The molecule has 2 N–H and O–H groups in total. The fourth-order valence-electron chi connectivity index (χ4n) is 2.24. The first-order valence-electron chi connectivity index (χ1n) is 8.24. The Hall–Kier alpha value is -2.22. The van der Waals surface area contributed by atoms with Crippen LogP contribution in [0.3, 0.4) is 0 Å². The summed E-state index contributed by atoms with van der Waals surface area (Å²) in [5.41, 5.74) is 2.63. The van der Waals surface area contributed by atoms with Crippen LogP contribution in [-0.4, -0.2) is 21.0 Å². The van der Waals surface area contributed by atoms with E-state index in [1.807, 2.05) is 42.5 Å². The number of nitrogens with one attached hydrogen (secondary N) is 2. The molecule has 0 aliphatic rings. The number of rotatable bonds is 6. The van der Waals surface area contributed by atoms with Crippen molar-refractivity contribution in [3.8, 4) is 11.4 Å². The SMILES string of the molecule is CC[C@@H](C)Nc1nc(Nc2ccccc2I)cc(-c2ccccn2)n1. The Morgan fingerprint density at radius 1 is 1.04 bits per heavy atom. The van der Waals surface area contributed by atoms with E-state index < -0.39 is 0 Å². The molecular formula is C19H20IN5. The van der Waals surface area contributed by atoms with E-state index in [4.69, 9.17) is 0 Å². The van der Waals surface area contributed by atoms with Gasteiger partial charge >= 0.3 is 0 Å². The Bertz CT molecular complexity index is 838. The fraction of sp³-hybridized carbons (Fsp3) is 0.211. The lowest BCUT2D eigenvalue weighted by atomic mass is 10.2. The van der Waals surface area contributed by atoms with Gasteiger partial charge in [0.2, 0.25) is 5.95 Å². The van der Waals surface area contributed by atoms with E-state index in [1.165, 1.54) is 0 Å². The van der Waals surface area contributed by atoms with Crippen LogP contribution < -0.4 is 10.6 Å². The normalized spacial score (nSPS) is 11.8. The number of benzene rings is 1. The zero-order valence-electron chi connectivity index (χ0n) is 14.2. The average Bonchev–Trinajstić information content (AvgIpc) is 2.64. The molecule has 2 aromatic heterocycles. The molecule has 0 aliphatic carbocycles. The van der Waals surface area contributed by atoms with Gasteiger partial charge in [-0.05, 0) is 60.2 Å². The third kappa shape index (κ3) is 4.66. The molecular weight excluding hydrogens is 425 g/mol. The van der Waals surface area contributed by atoms with E-state index in [-0.39, 0.29) is 0 Å². The van der Waals surface area contributed by atoms with Crippen molar-refractivity contribution in [3.63, 3.8) is 0 Å². The van der Waals surface area contributed by atoms with Gasteiger partial charge in [-0.1, -0.05) is 25.1 Å². The van der Waals surface area contributed by atoms with Crippen molar-refractivity contribution in [2.75, 3.05) is 10.6 Å². The molecule has 128 valence electrons. The largest absolute Gasteiger partial charge is 0.352 e. The van der Waals surface area contributed by atoms with Crippen molar-refractivity contribution in [3.05, 3.63) is 58.3 Å². The molecule has 0 aliphatic heterocycles. The molecule has 0 bridgehead atoms. The highest BCUT2D eigenvalue weighted by molar-refractivity contribution is 14.1. The smallest absolute Gasteiger partial charge is 0.225 e. The van der Waals surface area contributed by atoms with Gasteiger partial charge in [-0.25, -0.2) is 4.98 Å². The van der Waals surface area contributed by atoms with Gasteiger partial charge in [0.05, 0.1) is 17.1 Å². The van der Waals surface area contributed by atoms with Crippen LogP contribution >= 0.6 is 22.6 Å². The first-order valence-corrected chi connectivity index (χ1v) is 9.32. The van der Waals surface area contributed by atoms with Gasteiger partial charge < -0.3 is 10.6 Å². The van der Waals surface area contributed by atoms with E-state index in [0.717, 1.165) is 32.9 Å². The molecule has 0 amide bonds. The Balaban J connectivity index is 1.99. The third-order valence-electron chi connectivity index (χ3n) is 3.78. The summed E-state index contributed by atoms with van der Waals surface area (Å²) in [6.45, 7) is 4.25. The Morgan fingerprint density at radius 2 is 1.84 bits per heavy atom. The molecule has 25 heavy (non-hydrogen) atoms. The molecule has 0 radical (unpaired) electrons. The summed E-state index contributed by atoms with van der Waals surface area (Å²) in [5, 5.41) is 6.74. The molecule has 0 fully saturated rings. The summed E-state index contributed by atoms with van der Waals surface area (Å²) in [5.74, 6) is 1.34. The van der Waals surface area contributed by atoms with Crippen molar-refractivity contribution in [2.45, 2.75) is 26.3 Å². The number of halogens is 1. The summed E-state index contributed by atoms with van der Waals surface area (Å²) in [4.78, 5) is 13.7. The third-order valence-corrected chi connectivity index (χ3v) is 4.72. The molecule has 0 saturated heterocycles. The Kier molecular flexibility index (Phi) is 5.80. The van der Waals surface area contributed by atoms with Gasteiger partial charge in [-0.15, -0.1) is 0 Å². The number of hydrogen-bond donors (Lipinski definition) is 2. The molecule has 1 atom stereocenters. The number of hydrogen-bond acceptors (Lipinski definition) is 5. The molecule has 3 aromatic rings. The second kappa shape index (κ2) is 8.24. The fourth-order valence-corrected chi connectivity index (χ4v) is 2.77. The second-order valence-corrected chi connectivity index (χ2v) is 6.90. The molecule has 2 heterocycles. The van der Waals surface area contributed by atoms with Crippen molar-refractivity contribution in [1.29, 1.82) is 0 Å². The van der Waals surface area contributed by atoms with Crippen molar-refractivity contribution in [1.82, 2.24) is 15.0 Å². The predicted octanol–water partition coefficient (Wildman–Crippen LogP) is 5.10. The van der Waals surface area contributed by atoms with Crippen LogP contribution in [0, 0.1) is 3.57 Å². The van der Waals surface area contributed by atoms with Crippen LogP contribution in [-0.2, 0) is 0 Å². The molecule has 1 aromatic carbocycles. The standard InChI is InChI=1S/C19H20IN5/c1-3-13(2)22-19-24-17(16-10-6-7-11-21-16)12-18(25-19)23-15-9-5-4-8-14(15)20/h4-13H,3H2,1-2H3,(H2,22,23,24,25)/t13-/m1/s1. The van der Waals surface area contributed by atoms with Crippen LogP contribution in [0.4, 0.5) is 17.5 Å². The lowest BCUT2D eigenvalue weighted by molar-refractivity contribution is 0.753. The van der Waals surface area contributed by atoms with Gasteiger partial charge in [0.25, 0.3) is 0 Å². The monoisotopic (exact) mass is 445 g/mol. The highest BCUT2D eigenvalue weighted by Gasteiger charge is 2.10. The maximum atomic E-state index is 4.63. The zero-order valence-corrected chi connectivity index (χ0v) is 16.4. The van der Waals surface area contributed by atoms with Crippen LogP contribution in [0.15, 0.2) is 54.7 Å². The van der Waals surface area contributed by atoms with Gasteiger partial charge in [0, 0.05) is 21.9 Å².